The van der Waals surface area contributed by atoms with Crippen LogP contribution in [0, 0.1) is 12.7 Å². The topological polar surface area (TPSA) is 67.4 Å². The minimum Gasteiger partial charge on any atom is -0.460 e. The van der Waals surface area contributed by atoms with Crippen molar-refractivity contribution in [3.63, 3.8) is 0 Å². The van der Waals surface area contributed by atoms with Gasteiger partial charge in [-0.3, -0.25) is 4.79 Å². The van der Waals surface area contributed by atoms with Gasteiger partial charge in [-0.1, -0.05) is 42.0 Å². The standard InChI is InChI=1S/C18H19FN2O3/c1-13-3-2-4-15(9-13)12-24-17(22)11-21-18(23)20-10-14-5-7-16(19)8-6-14/h2-9H,10-12H2,1H3,(H2,20,21,23). The summed E-state index contributed by atoms with van der Waals surface area (Å²) in [7, 11) is 0. The van der Waals surface area contributed by atoms with Gasteiger partial charge >= 0.3 is 12.0 Å². The fourth-order valence-electron chi connectivity index (χ4n) is 2.02. The lowest BCUT2D eigenvalue weighted by atomic mass is 10.1. The molecule has 0 aliphatic carbocycles. The Balaban J connectivity index is 1.65. The Bertz CT molecular complexity index is 702. The van der Waals surface area contributed by atoms with Crippen LogP contribution < -0.4 is 10.6 Å². The lowest BCUT2D eigenvalue weighted by Gasteiger charge is -2.08. The highest BCUT2D eigenvalue weighted by molar-refractivity contribution is 5.80. The Hall–Kier alpha value is -2.89. The van der Waals surface area contributed by atoms with Crippen molar-refractivity contribution in [2.75, 3.05) is 6.54 Å². The quantitative estimate of drug-likeness (QED) is 0.800. The molecule has 2 aromatic rings. The summed E-state index contributed by atoms with van der Waals surface area (Å²) >= 11 is 0. The van der Waals surface area contributed by atoms with E-state index in [-0.39, 0.29) is 25.5 Å². The van der Waals surface area contributed by atoms with Crippen LogP contribution in [-0.2, 0) is 22.7 Å². The number of nitrogens with one attached hydrogen (secondary N) is 2. The number of hydrogen-bond donors (Lipinski definition) is 2. The highest BCUT2D eigenvalue weighted by Crippen LogP contribution is 2.05. The van der Waals surface area contributed by atoms with Crippen LogP contribution in [0.15, 0.2) is 48.5 Å². The minimum atomic E-state index is -0.520. The second kappa shape index (κ2) is 8.67. The van der Waals surface area contributed by atoms with Crippen molar-refractivity contribution in [2.45, 2.75) is 20.1 Å². The lowest BCUT2D eigenvalue weighted by molar-refractivity contribution is -0.143. The van der Waals surface area contributed by atoms with Gasteiger partial charge in [0.05, 0.1) is 0 Å². The number of carbonyl (C=O) groups excluding carboxylic acids is 2. The summed E-state index contributed by atoms with van der Waals surface area (Å²) < 4.78 is 17.8. The van der Waals surface area contributed by atoms with Gasteiger partial charge in [0.25, 0.3) is 0 Å². The molecule has 0 spiro atoms. The number of halogens is 1. The second-order valence-electron chi connectivity index (χ2n) is 5.31. The maximum Gasteiger partial charge on any atom is 0.325 e. The molecule has 2 amide bonds. The van der Waals surface area contributed by atoms with E-state index in [0.717, 1.165) is 16.7 Å². The van der Waals surface area contributed by atoms with Crippen molar-refractivity contribution < 1.29 is 18.7 Å². The monoisotopic (exact) mass is 330 g/mol. The fourth-order valence-corrected chi connectivity index (χ4v) is 2.02. The maximum absolute atomic E-state index is 12.8. The lowest BCUT2D eigenvalue weighted by Crippen LogP contribution is -2.38. The first-order chi connectivity index (χ1) is 11.5. The molecule has 5 nitrogen and oxygen atoms in total. The predicted octanol–water partition coefficient (Wildman–Crippen LogP) is 2.68. The molecule has 2 aromatic carbocycles. The Morgan fingerprint density at radius 1 is 1.04 bits per heavy atom. The second-order valence-corrected chi connectivity index (χ2v) is 5.31. The molecule has 2 rings (SSSR count). The Morgan fingerprint density at radius 2 is 1.79 bits per heavy atom. The van der Waals surface area contributed by atoms with E-state index < -0.39 is 12.0 Å². The van der Waals surface area contributed by atoms with Crippen LogP contribution in [0.3, 0.4) is 0 Å². The first-order valence-corrected chi connectivity index (χ1v) is 7.50. The molecule has 24 heavy (non-hydrogen) atoms. The Morgan fingerprint density at radius 3 is 2.50 bits per heavy atom. The van der Waals surface area contributed by atoms with Crippen molar-refractivity contribution in [3.8, 4) is 0 Å². The van der Waals surface area contributed by atoms with E-state index in [1.54, 1.807) is 12.1 Å². The smallest absolute Gasteiger partial charge is 0.325 e. The number of urea groups is 1. The third-order valence-corrected chi connectivity index (χ3v) is 3.24. The van der Waals surface area contributed by atoms with Gasteiger partial charge < -0.3 is 15.4 Å². The van der Waals surface area contributed by atoms with Crippen LogP contribution in [0.2, 0.25) is 0 Å². The zero-order valence-corrected chi connectivity index (χ0v) is 13.3. The molecule has 0 bridgehead atoms. The molecular weight excluding hydrogens is 311 g/mol. The zero-order valence-electron chi connectivity index (χ0n) is 13.3. The molecule has 0 fully saturated rings. The van der Waals surface area contributed by atoms with Gasteiger partial charge in [0.15, 0.2) is 0 Å². The van der Waals surface area contributed by atoms with E-state index in [1.165, 1.54) is 12.1 Å². The molecule has 0 radical (unpaired) electrons. The Labute approximate surface area is 139 Å². The van der Waals surface area contributed by atoms with Crippen LogP contribution in [0.1, 0.15) is 16.7 Å². The molecule has 0 saturated heterocycles. The number of ether oxygens (including phenoxy) is 1. The van der Waals surface area contributed by atoms with E-state index in [0.29, 0.717) is 0 Å². The number of aryl methyl sites for hydroxylation is 1. The van der Waals surface area contributed by atoms with Gasteiger partial charge in [0, 0.05) is 6.54 Å². The van der Waals surface area contributed by atoms with Crippen LogP contribution >= 0.6 is 0 Å². The van der Waals surface area contributed by atoms with Crippen molar-refractivity contribution in [2.24, 2.45) is 0 Å². The van der Waals surface area contributed by atoms with Crippen molar-refractivity contribution >= 4 is 12.0 Å². The normalized spacial score (nSPS) is 10.1. The van der Waals surface area contributed by atoms with Crippen LogP contribution in [0.5, 0.6) is 0 Å². The van der Waals surface area contributed by atoms with Crippen LogP contribution in [0.25, 0.3) is 0 Å². The number of amides is 2. The summed E-state index contributed by atoms with van der Waals surface area (Å²) in [6.07, 6.45) is 0. The third kappa shape index (κ3) is 6.08. The summed E-state index contributed by atoms with van der Waals surface area (Å²) in [5.41, 5.74) is 2.74. The molecule has 0 heterocycles. The largest absolute Gasteiger partial charge is 0.460 e. The highest BCUT2D eigenvalue weighted by Gasteiger charge is 2.07. The third-order valence-electron chi connectivity index (χ3n) is 3.24. The SMILES string of the molecule is Cc1cccc(COC(=O)CNC(=O)NCc2ccc(F)cc2)c1. The maximum atomic E-state index is 12.8. The summed E-state index contributed by atoms with van der Waals surface area (Å²) in [5, 5.41) is 4.99. The van der Waals surface area contributed by atoms with E-state index in [9.17, 15) is 14.0 Å². The first kappa shape index (κ1) is 17.5. The number of hydrogen-bond acceptors (Lipinski definition) is 3. The van der Waals surface area contributed by atoms with Crippen molar-refractivity contribution in [1.29, 1.82) is 0 Å². The van der Waals surface area contributed by atoms with Crippen LogP contribution in [0.4, 0.5) is 9.18 Å². The molecule has 0 unspecified atom stereocenters. The summed E-state index contributed by atoms with van der Waals surface area (Å²) in [6.45, 7) is 2.14. The number of benzene rings is 2. The number of esters is 1. The Kier molecular flexibility index (Phi) is 6.31. The summed E-state index contributed by atoms with van der Waals surface area (Å²) in [4.78, 5) is 23.2. The summed E-state index contributed by atoms with van der Waals surface area (Å²) in [5.74, 6) is -0.854. The highest BCUT2D eigenvalue weighted by atomic mass is 19.1. The van der Waals surface area contributed by atoms with Crippen LogP contribution in [-0.4, -0.2) is 18.5 Å². The van der Waals surface area contributed by atoms with Gasteiger partial charge in [-0.2, -0.15) is 0 Å². The van der Waals surface area contributed by atoms with Gasteiger partial charge in [0.1, 0.15) is 19.0 Å². The van der Waals surface area contributed by atoms with E-state index in [1.807, 2.05) is 31.2 Å². The average molecular weight is 330 g/mol. The van der Waals surface area contributed by atoms with E-state index >= 15 is 0 Å². The molecular formula is C18H19FN2O3. The predicted molar refractivity (Wildman–Crippen MR) is 87.6 cm³/mol. The summed E-state index contributed by atoms with van der Waals surface area (Å²) in [6, 6.07) is 12.9. The van der Waals surface area contributed by atoms with E-state index in [2.05, 4.69) is 10.6 Å². The molecule has 0 atom stereocenters. The van der Waals surface area contributed by atoms with Gasteiger partial charge in [-0.15, -0.1) is 0 Å². The molecule has 6 heteroatoms. The average Bonchev–Trinajstić information content (AvgIpc) is 2.57. The fraction of sp³-hybridized carbons (Fsp3) is 0.222. The minimum absolute atomic E-state index is 0.166. The number of rotatable bonds is 6. The zero-order chi connectivity index (χ0) is 17.4. The van der Waals surface area contributed by atoms with Gasteiger partial charge in [-0.05, 0) is 30.2 Å². The van der Waals surface area contributed by atoms with E-state index in [4.69, 9.17) is 4.74 Å². The van der Waals surface area contributed by atoms with Crippen molar-refractivity contribution in [1.82, 2.24) is 10.6 Å². The first-order valence-electron chi connectivity index (χ1n) is 7.50. The molecule has 0 aliphatic rings. The molecule has 0 aromatic heterocycles. The molecule has 126 valence electrons. The number of carbonyl (C=O) groups is 2. The molecule has 2 N–H and O–H groups in total. The van der Waals surface area contributed by atoms with Gasteiger partial charge in [-0.25, -0.2) is 9.18 Å². The molecule has 0 aliphatic heterocycles. The molecule has 0 saturated carbocycles. The van der Waals surface area contributed by atoms with Gasteiger partial charge in [0.2, 0.25) is 0 Å². The van der Waals surface area contributed by atoms with Crippen molar-refractivity contribution in [3.05, 3.63) is 71.0 Å².